The van der Waals surface area contributed by atoms with Crippen LogP contribution in [0.5, 0.6) is 0 Å². The minimum absolute atomic E-state index is 0.0177. The van der Waals surface area contributed by atoms with Crippen LogP contribution in [0.4, 0.5) is 27.8 Å². The van der Waals surface area contributed by atoms with E-state index < -0.39 is 23.2 Å². The zero-order chi connectivity index (χ0) is 19.1. The van der Waals surface area contributed by atoms with Crippen LogP contribution in [0, 0.1) is 5.82 Å². The first-order valence-electron chi connectivity index (χ1n) is 7.83. The number of alkyl halides is 4. The van der Waals surface area contributed by atoms with Crippen molar-refractivity contribution in [3.8, 4) is 0 Å². The van der Waals surface area contributed by atoms with Crippen molar-refractivity contribution in [3.05, 3.63) is 53.5 Å². The van der Waals surface area contributed by atoms with Gasteiger partial charge in [0.15, 0.2) is 5.67 Å². The summed E-state index contributed by atoms with van der Waals surface area (Å²) in [6.45, 7) is 4.29. The van der Waals surface area contributed by atoms with E-state index in [1.807, 2.05) is 0 Å². The number of likely N-dealkylation sites (tertiary alicyclic amines) is 1. The van der Waals surface area contributed by atoms with Gasteiger partial charge < -0.3 is 15.2 Å². The fraction of sp³-hybridized carbons (Fsp3) is 0.353. The van der Waals surface area contributed by atoms with E-state index in [-0.39, 0.29) is 43.1 Å². The lowest BCUT2D eigenvalue weighted by Crippen LogP contribution is -2.39. The number of anilines is 1. The standard InChI is InChI=1S/C17H16F5N3O/c1-10(11-2-3-12(13(18)8-11)17(20,21)22)25-6-4-16(19,5-7-25)14-9-15(23)26-24-14/h2-3,8-9H,1,4-7,23H2. The van der Waals surface area contributed by atoms with E-state index in [1.54, 1.807) is 4.90 Å². The Balaban J connectivity index is 1.72. The molecule has 1 aromatic carbocycles. The molecule has 1 aliphatic heterocycles. The predicted octanol–water partition coefficient (Wildman–Crippen LogP) is 4.35. The van der Waals surface area contributed by atoms with Gasteiger partial charge >= 0.3 is 6.18 Å². The second-order valence-electron chi connectivity index (χ2n) is 6.21. The average molecular weight is 373 g/mol. The molecule has 0 atom stereocenters. The van der Waals surface area contributed by atoms with Crippen molar-refractivity contribution in [2.45, 2.75) is 24.7 Å². The monoisotopic (exact) mass is 373 g/mol. The van der Waals surface area contributed by atoms with E-state index in [2.05, 4.69) is 11.7 Å². The van der Waals surface area contributed by atoms with Crippen molar-refractivity contribution in [3.63, 3.8) is 0 Å². The summed E-state index contributed by atoms with van der Waals surface area (Å²) < 4.78 is 71.4. The van der Waals surface area contributed by atoms with Crippen LogP contribution in [-0.4, -0.2) is 23.1 Å². The van der Waals surface area contributed by atoms with Gasteiger partial charge in [0.1, 0.15) is 11.5 Å². The van der Waals surface area contributed by atoms with Gasteiger partial charge in [-0.25, -0.2) is 8.78 Å². The van der Waals surface area contributed by atoms with E-state index in [1.165, 1.54) is 6.07 Å². The number of rotatable bonds is 3. The number of nitrogens with zero attached hydrogens (tertiary/aromatic N) is 2. The highest BCUT2D eigenvalue weighted by Gasteiger charge is 2.40. The number of aromatic nitrogens is 1. The fourth-order valence-electron chi connectivity index (χ4n) is 2.99. The van der Waals surface area contributed by atoms with Crippen molar-refractivity contribution in [1.29, 1.82) is 0 Å². The molecular formula is C17H16F5N3O. The van der Waals surface area contributed by atoms with Gasteiger partial charge in [0.05, 0.1) is 5.56 Å². The Morgan fingerprint density at radius 3 is 2.38 bits per heavy atom. The molecule has 140 valence electrons. The van der Waals surface area contributed by atoms with Gasteiger partial charge in [-0.05, 0) is 12.1 Å². The summed E-state index contributed by atoms with van der Waals surface area (Å²) >= 11 is 0. The largest absolute Gasteiger partial charge is 0.419 e. The summed E-state index contributed by atoms with van der Waals surface area (Å²) in [6.07, 6.45) is -4.62. The first-order valence-corrected chi connectivity index (χ1v) is 7.83. The van der Waals surface area contributed by atoms with Crippen LogP contribution < -0.4 is 5.73 Å². The molecule has 0 bridgehead atoms. The Bertz CT molecular complexity index is 822. The molecule has 2 aromatic rings. The van der Waals surface area contributed by atoms with Crippen LogP contribution >= 0.6 is 0 Å². The third-order valence-electron chi connectivity index (χ3n) is 4.53. The Kier molecular flexibility index (Phi) is 4.41. The number of nitrogen functional groups attached to an aromatic ring is 1. The molecule has 1 fully saturated rings. The van der Waals surface area contributed by atoms with Crippen molar-refractivity contribution >= 4 is 11.6 Å². The molecule has 1 aliphatic rings. The molecule has 1 saturated heterocycles. The molecule has 0 radical (unpaired) electrons. The number of nitrogens with two attached hydrogens (primary N) is 1. The van der Waals surface area contributed by atoms with Crippen LogP contribution in [0.25, 0.3) is 5.70 Å². The zero-order valence-electron chi connectivity index (χ0n) is 13.6. The Morgan fingerprint density at radius 2 is 1.88 bits per heavy atom. The molecule has 2 heterocycles. The zero-order valence-corrected chi connectivity index (χ0v) is 13.6. The van der Waals surface area contributed by atoms with Crippen molar-refractivity contribution < 1.29 is 26.5 Å². The molecule has 0 aliphatic carbocycles. The fourth-order valence-corrected chi connectivity index (χ4v) is 2.99. The summed E-state index contributed by atoms with van der Waals surface area (Å²) in [5.74, 6) is -1.35. The van der Waals surface area contributed by atoms with Gasteiger partial charge in [-0.2, -0.15) is 13.2 Å². The van der Waals surface area contributed by atoms with E-state index in [4.69, 9.17) is 10.3 Å². The summed E-state index contributed by atoms with van der Waals surface area (Å²) in [7, 11) is 0. The highest BCUT2D eigenvalue weighted by molar-refractivity contribution is 5.62. The summed E-state index contributed by atoms with van der Waals surface area (Å²) in [4.78, 5) is 1.70. The summed E-state index contributed by atoms with van der Waals surface area (Å²) in [5, 5.41) is 3.61. The van der Waals surface area contributed by atoms with Gasteiger partial charge in [0.2, 0.25) is 5.88 Å². The maximum atomic E-state index is 15.0. The highest BCUT2D eigenvalue weighted by Crippen LogP contribution is 2.39. The normalized spacial score (nSPS) is 17.3. The van der Waals surface area contributed by atoms with Gasteiger partial charge in [-0.15, -0.1) is 0 Å². The number of hydrogen-bond acceptors (Lipinski definition) is 4. The predicted molar refractivity (Wildman–Crippen MR) is 84.9 cm³/mol. The first-order chi connectivity index (χ1) is 12.1. The number of benzene rings is 1. The molecule has 2 N–H and O–H groups in total. The maximum Gasteiger partial charge on any atom is 0.419 e. The lowest BCUT2D eigenvalue weighted by Gasteiger charge is -2.37. The van der Waals surface area contributed by atoms with E-state index in [9.17, 15) is 22.0 Å². The topological polar surface area (TPSA) is 55.3 Å². The second-order valence-corrected chi connectivity index (χ2v) is 6.21. The van der Waals surface area contributed by atoms with Crippen LogP contribution in [0.15, 0.2) is 35.4 Å². The second kappa shape index (κ2) is 6.30. The quantitative estimate of drug-likeness (QED) is 0.813. The molecule has 0 saturated carbocycles. The molecule has 9 heteroatoms. The lowest BCUT2D eigenvalue weighted by molar-refractivity contribution is -0.140. The molecule has 0 spiro atoms. The molecule has 0 unspecified atom stereocenters. The van der Waals surface area contributed by atoms with Gasteiger partial charge in [0.25, 0.3) is 0 Å². The van der Waals surface area contributed by atoms with Gasteiger partial charge in [-0.1, -0.05) is 17.8 Å². The van der Waals surface area contributed by atoms with Crippen LogP contribution in [0.2, 0.25) is 0 Å². The molecule has 1 aromatic heterocycles. The number of hydrogen-bond donors (Lipinski definition) is 1. The molecule has 0 amide bonds. The average Bonchev–Trinajstić information content (AvgIpc) is 3.01. The van der Waals surface area contributed by atoms with Gasteiger partial charge in [0, 0.05) is 43.3 Å². The first kappa shape index (κ1) is 18.2. The van der Waals surface area contributed by atoms with E-state index in [0.717, 1.165) is 12.1 Å². The highest BCUT2D eigenvalue weighted by atomic mass is 19.4. The maximum absolute atomic E-state index is 15.0. The third-order valence-corrected chi connectivity index (χ3v) is 4.53. The molecule has 4 nitrogen and oxygen atoms in total. The van der Waals surface area contributed by atoms with E-state index in [0.29, 0.717) is 11.8 Å². The van der Waals surface area contributed by atoms with Gasteiger partial charge in [-0.3, -0.25) is 0 Å². The molecule has 26 heavy (non-hydrogen) atoms. The molecule has 3 rings (SSSR count). The van der Waals surface area contributed by atoms with Crippen LogP contribution in [-0.2, 0) is 11.8 Å². The number of piperidine rings is 1. The van der Waals surface area contributed by atoms with Crippen molar-refractivity contribution in [2.75, 3.05) is 18.8 Å². The van der Waals surface area contributed by atoms with Crippen molar-refractivity contribution in [2.24, 2.45) is 0 Å². The molecular weight excluding hydrogens is 357 g/mol. The Hall–Kier alpha value is -2.58. The summed E-state index contributed by atoms with van der Waals surface area (Å²) in [6, 6.07) is 3.96. The third kappa shape index (κ3) is 3.38. The smallest absolute Gasteiger partial charge is 0.371 e. The van der Waals surface area contributed by atoms with Crippen LogP contribution in [0.3, 0.4) is 0 Å². The van der Waals surface area contributed by atoms with Crippen LogP contribution in [0.1, 0.15) is 29.7 Å². The Labute approximate surface area is 146 Å². The van der Waals surface area contributed by atoms with E-state index >= 15 is 0 Å². The minimum Gasteiger partial charge on any atom is -0.371 e. The lowest BCUT2D eigenvalue weighted by atomic mass is 9.89. The van der Waals surface area contributed by atoms with Crippen molar-refractivity contribution in [1.82, 2.24) is 10.1 Å². The SMILES string of the molecule is C=C(c1ccc(C(F)(F)F)c(F)c1)N1CCC(F)(c2cc(N)on2)CC1. The number of halogens is 5. The summed E-state index contributed by atoms with van der Waals surface area (Å²) in [5.41, 5.74) is 3.04. The Morgan fingerprint density at radius 1 is 1.23 bits per heavy atom. The minimum atomic E-state index is -4.76.